The van der Waals surface area contributed by atoms with Crippen molar-refractivity contribution in [1.29, 1.82) is 0 Å². The fourth-order valence-corrected chi connectivity index (χ4v) is 5.33. The van der Waals surface area contributed by atoms with Crippen LogP contribution in [0.25, 0.3) is 0 Å². The Morgan fingerprint density at radius 3 is 2.52 bits per heavy atom. The molecule has 3 fully saturated rings. The van der Waals surface area contributed by atoms with Gasteiger partial charge in [0.2, 0.25) is 5.91 Å². The van der Waals surface area contributed by atoms with E-state index in [0.717, 1.165) is 51.5 Å². The third kappa shape index (κ3) is 2.97. The van der Waals surface area contributed by atoms with Crippen LogP contribution in [0.4, 0.5) is 0 Å². The maximum atomic E-state index is 12.9. The first kappa shape index (κ1) is 17.3. The number of esters is 1. The highest BCUT2D eigenvalue weighted by molar-refractivity contribution is 5.81. The van der Waals surface area contributed by atoms with E-state index < -0.39 is 0 Å². The molecular formula is C23H29NO3. The molecule has 0 N–H and O–H groups in total. The first-order chi connectivity index (χ1) is 12.9. The van der Waals surface area contributed by atoms with Crippen LogP contribution in [-0.4, -0.2) is 29.4 Å². The Labute approximate surface area is 161 Å². The summed E-state index contributed by atoms with van der Waals surface area (Å²) in [6, 6.07) is 6.46. The summed E-state index contributed by atoms with van der Waals surface area (Å²) in [7, 11) is 0. The lowest BCUT2D eigenvalue weighted by Crippen LogP contribution is -2.57. The minimum Gasteiger partial charge on any atom is -0.426 e. The number of carbonyl (C=O) groups is 2. The first-order valence-electron chi connectivity index (χ1n) is 10.6. The highest BCUT2D eigenvalue weighted by Gasteiger charge is 2.49. The molecule has 0 aromatic heterocycles. The molecule has 1 aromatic rings. The number of piperidine rings is 1. The monoisotopic (exact) mass is 367 g/mol. The summed E-state index contributed by atoms with van der Waals surface area (Å²) in [5.41, 5.74) is 2.58. The zero-order valence-electron chi connectivity index (χ0n) is 16.4. The summed E-state index contributed by atoms with van der Waals surface area (Å²) in [6.45, 7) is 5.53. The SMILES string of the molecule is CC1(C)c2cc(OC(=O)C3CC3)ccc2C[C@@H]2[C@H]1CCCN2C(=O)C1CC1. The number of rotatable bonds is 3. The zero-order chi connectivity index (χ0) is 18.8. The molecule has 144 valence electrons. The van der Waals surface area contributed by atoms with Crippen molar-refractivity contribution in [3.63, 3.8) is 0 Å². The lowest BCUT2D eigenvalue weighted by Gasteiger charge is -2.52. The van der Waals surface area contributed by atoms with E-state index in [1.54, 1.807) is 0 Å². The molecular weight excluding hydrogens is 338 g/mol. The first-order valence-corrected chi connectivity index (χ1v) is 10.6. The van der Waals surface area contributed by atoms with Crippen molar-refractivity contribution in [2.24, 2.45) is 17.8 Å². The quantitative estimate of drug-likeness (QED) is 0.602. The van der Waals surface area contributed by atoms with Gasteiger partial charge in [0.05, 0.1) is 5.92 Å². The summed E-state index contributed by atoms with van der Waals surface area (Å²) in [5.74, 6) is 1.85. The predicted octanol–water partition coefficient (Wildman–Crippen LogP) is 3.85. The molecule has 3 aliphatic carbocycles. The van der Waals surface area contributed by atoms with Gasteiger partial charge in [0.1, 0.15) is 5.75 Å². The van der Waals surface area contributed by atoms with Gasteiger partial charge in [0.15, 0.2) is 0 Å². The number of carbonyl (C=O) groups excluding carboxylic acids is 2. The molecule has 0 spiro atoms. The standard InChI is InChI=1S/C23H29NO3/c1-23(2)18-4-3-11-24(21(25)14-5-6-14)20(18)12-16-9-10-17(13-19(16)23)27-22(26)15-7-8-15/h9-10,13-15,18,20H,3-8,11-12H2,1-2H3/t18-,20-/m1/s1. The Morgan fingerprint density at radius 2 is 1.81 bits per heavy atom. The van der Waals surface area contributed by atoms with Crippen LogP contribution < -0.4 is 4.74 Å². The Hall–Kier alpha value is -1.84. The number of hydrogen-bond donors (Lipinski definition) is 0. The summed E-state index contributed by atoms with van der Waals surface area (Å²) >= 11 is 0. The lowest BCUT2D eigenvalue weighted by molar-refractivity contribution is -0.139. The highest BCUT2D eigenvalue weighted by atomic mass is 16.5. The van der Waals surface area contributed by atoms with Crippen molar-refractivity contribution in [1.82, 2.24) is 4.90 Å². The van der Waals surface area contributed by atoms with E-state index in [-0.39, 0.29) is 23.2 Å². The van der Waals surface area contributed by atoms with Crippen molar-refractivity contribution < 1.29 is 14.3 Å². The van der Waals surface area contributed by atoms with E-state index in [1.165, 1.54) is 11.1 Å². The van der Waals surface area contributed by atoms with Crippen molar-refractivity contribution >= 4 is 11.9 Å². The second-order valence-corrected chi connectivity index (χ2v) is 9.56. The maximum absolute atomic E-state index is 12.9. The van der Waals surface area contributed by atoms with Gasteiger partial charge >= 0.3 is 5.97 Å². The van der Waals surface area contributed by atoms with E-state index in [4.69, 9.17) is 4.74 Å². The number of benzene rings is 1. The van der Waals surface area contributed by atoms with Crippen LogP contribution in [0, 0.1) is 17.8 Å². The molecule has 1 aromatic carbocycles. The van der Waals surface area contributed by atoms with Gasteiger partial charge in [-0.15, -0.1) is 0 Å². The zero-order valence-corrected chi connectivity index (χ0v) is 16.4. The van der Waals surface area contributed by atoms with Crippen LogP contribution >= 0.6 is 0 Å². The van der Waals surface area contributed by atoms with Crippen LogP contribution in [0.5, 0.6) is 5.75 Å². The number of fused-ring (bicyclic) bond motifs is 2. The number of amides is 1. The molecule has 4 nitrogen and oxygen atoms in total. The highest BCUT2D eigenvalue weighted by Crippen LogP contribution is 2.49. The van der Waals surface area contributed by atoms with Gasteiger partial charge in [0, 0.05) is 18.5 Å². The predicted molar refractivity (Wildman–Crippen MR) is 102 cm³/mol. The van der Waals surface area contributed by atoms with E-state index in [0.29, 0.717) is 23.6 Å². The van der Waals surface area contributed by atoms with Crippen LogP contribution in [0.2, 0.25) is 0 Å². The fraction of sp³-hybridized carbons (Fsp3) is 0.652. The van der Waals surface area contributed by atoms with Crippen molar-refractivity contribution in [3.8, 4) is 5.75 Å². The summed E-state index contributed by atoms with van der Waals surface area (Å²) in [5, 5.41) is 0. The van der Waals surface area contributed by atoms with Crippen LogP contribution in [-0.2, 0) is 21.4 Å². The van der Waals surface area contributed by atoms with Crippen LogP contribution in [0.15, 0.2) is 18.2 Å². The van der Waals surface area contributed by atoms with Crippen molar-refractivity contribution in [2.75, 3.05) is 6.54 Å². The largest absolute Gasteiger partial charge is 0.426 e. The molecule has 4 aliphatic rings. The average Bonchev–Trinajstić information content (AvgIpc) is 3.54. The number of nitrogens with zero attached hydrogens (tertiary/aromatic N) is 1. The molecule has 4 heteroatoms. The molecule has 2 saturated carbocycles. The van der Waals surface area contributed by atoms with Gasteiger partial charge in [-0.25, -0.2) is 0 Å². The van der Waals surface area contributed by atoms with Gasteiger partial charge in [-0.3, -0.25) is 9.59 Å². The molecule has 0 bridgehead atoms. The maximum Gasteiger partial charge on any atom is 0.314 e. The molecule has 2 atom stereocenters. The minimum atomic E-state index is -0.0830. The van der Waals surface area contributed by atoms with E-state index in [2.05, 4.69) is 30.9 Å². The lowest BCUT2D eigenvalue weighted by atomic mass is 9.60. The topological polar surface area (TPSA) is 46.6 Å². The van der Waals surface area contributed by atoms with E-state index >= 15 is 0 Å². The molecule has 0 radical (unpaired) electrons. The summed E-state index contributed by atoms with van der Waals surface area (Å²) < 4.78 is 5.63. The smallest absolute Gasteiger partial charge is 0.314 e. The molecule has 27 heavy (non-hydrogen) atoms. The van der Waals surface area contributed by atoms with Gasteiger partial charge in [-0.05, 0) is 79.5 Å². The molecule has 0 unspecified atom stereocenters. The van der Waals surface area contributed by atoms with E-state index in [9.17, 15) is 9.59 Å². The van der Waals surface area contributed by atoms with E-state index in [1.807, 2.05) is 6.07 Å². The van der Waals surface area contributed by atoms with Crippen LogP contribution in [0.3, 0.4) is 0 Å². The third-order valence-corrected chi connectivity index (χ3v) is 7.25. The number of hydrogen-bond acceptors (Lipinski definition) is 3. The normalized spacial score (nSPS) is 28.9. The van der Waals surface area contributed by atoms with Crippen LogP contribution in [0.1, 0.15) is 63.5 Å². The Balaban J connectivity index is 1.45. The van der Waals surface area contributed by atoms with Gasteiger partial charge < -0.3 is 9.64 Å². The molecule has 1 heterocycles. The number of ether oxygens (including phenoxy) is 1. The van der Waals surface area contributed by atoms with Gasteiger partial charge in [-0.2, -0.15) is 0 Å². The Morgan fingerprint density at radius 1 is 1.07 bits per heavy atom. The Kier molecular flexibility index (Phi) is 3.89. The second kappa shape index (κ2) is 6.08. The minimum absolute atomic E-state index is 0.0251. The number of likely N-dealkylation sites (tertiary alicyclic amines) is 1. The fourth-order valence-electron chi connectivity index (χ4n) is 5.33. The summed E-state index contributed by atoms with van der Waals surface area (Å²) in [6.07, 6.45) is 7.25. The molecule has 5 rings (SSSR count). The molecule has 1 amide bonds. The summed E-state index contributed by atoms with van der Waals surface area (Å²) in [4.78, 5) is 27.1. The molecule has 1 saturated heterocycles. The Bertz CT molecular complexity index is 791. The van der Waals surface area contributed by atoms with Gasteiger partial charge in [0.25, 0.3) is 0 Å². The van der Waals surface area contributed by atoms with Crippen molar-refractivity contribution in [2.45, 2.75) is 70.3 Å². The molecule has 1 aliphatic heterocycles. The third-order valence-electron chi connectivity index (χ3n) is 7.25. The van der Waals surface area contributed by atoms with Gasteiger partial charge in [-0.1, -0.05) is 19.9 Å². The van der Waals surface area contributed by atoms with Crippen molar-refractivity contribution in [3.05, 3.63) is 29.3 Å². The average molecular weight is 367 g/mol. The second-order valence-electron chi connectivity index (χ2n) is 9.56.